The van der Waals surface area contributed by atoms with E-state index in [1.165, 1.54) is 61.2 Å². The summed E-state index contributed by atoms with van der Waals surface area (Å²) < 4.78 is 0. The molecule has 0 aromatic heterocycles. The molecule has 2 heteroatoms. The molecule has 1 N–H and O–H groups in total. The molecule has 0 aliphatic rings. The highest BCUT2D eigenvalue weighted by atomic mass is 16.3. The van der Waals surface area contributed by atoms with Crippen molar-refractivity contribution >= 4 is 5.78 Å². The SMILES string of the molecule is C=C(O)CCc1ccc(-c2ccc(-c3ccc(CCC(C)=O)c(Cc4ccccc4)c3)c(Cc3ccccc3)c2)c(CC(C)C)c1. The second-order valence-electron chi connectivity index (χ2n) is 13.0. The zero-order valence-corrected chi connectivity index (χ0v) is 27.6. The summed E-state index contributed by atoms with van der Waals surface area (Å²) in [6.07, 6.45) is 5.34. The van der Waals surface area contributed by atoms with E-state index in [9.17, 15) is 9.90 Å². The number of allylic oxidation sites excluding steroid dienone is 1. The highest BCUT2D eigenvalue weighted by Gasteiger charge is 2.15. The van der Waals surface area contributed by atoms with Crippen LogP contribution in [0.25, 0.3) is 22.3 Å². The Kier molecular flexibility index (Phi) is 11.0. The van der Waals surface area contributed by atoms with E-state index in [1.807, 2.05) is 0 Å². The summed E-state index contributed by atoms with van der Waals surface area (Å²) in [7, 11) is 0. The number of aliphatic hydroxyl groups excluding tert-OH is 1. The van der Waals surface area contributed by atoms with Crippen LogP contribution in [0.1, 0.15) is 72.6 Å². The number of ketones is 1. The predicted octanol–water partition coefficient (Wildman–Crippen LogP) is 10.9. The molecule has 0 aliphatic carbocycles. The number of aryl methyl sites for hydroxylation is 2. The van der Waals surface area contributed by atoms with Gasteiger partial charge < -0.3 is 9.90 Å². The maximum atomic E-state index is 11.9. The Balaban J connectivity index is 1.59. The first-order chi connectivity index (χ1) is 22.2. The summed E-state index contributed by atoms with van der Waals surface area (Å²) >= 11 is 0. The van der Waals surface area contributed by atoms with Gasteiger partial charge in [0.15, 0.2) is 0 Å². The zero-order chi connectivity index (χ0) is 32.5. The van der Waals surface area contributed by atoms with Crippen molar-refractivity contribution in [3.63, 3.8) is 0 Å². The Morgan fingerprint density at radius 2 is 1.17 bits per heavy atom. The van der Waals surface area contributed by atoms with Crippen molar-refractivity contribution in [2.75, 3.05) is 0 Å². The van der Waals surface area contributed by atoms with Gasteiger partial charge in [-0.1, -0.05) is 136 Å². The second kappa shape index (κ2) is 15.5. The van der Waals surface area contributed by atoms with E-state index in [2.05, 4.69) is 136 Å². The molecule has 0 bridgehead atoms. The molecule has 46 heavy (non-hydrogen) atoms. The normalized spacial score (nSPS) is 11.1. The van der Waals surface area contributed by atoms with Crippen LogP contribution >= 0.6 is 0 Å². The zero-order valence-electron chi connectivity index (χ0n) is 27.6. The number of hydrogen-bond donors (Lipinski definition) is 1. The maximum Gasteiger partial charge on any atom is 0.130 e. The van der Waals surface area contributed by atoms with E-state index in [4.69, 9.17) is 0 Å². The summed E-state index contributed by atoms with van der Waals surface area (Å²) in [5.41, 5.74) is 13.9. The molecule has 0 amide bonds. The standard InChI is InChI=1S/C44H46O2/c1-31(2)25-41-28-36(17-15-32(3)45)18-23-43(41)39-22-24-44(42(30-39)27-35-13-9-6-10-14-35)38-21-20-37(19-16-33(4)46)40(29-38)26-34-11-7-5-8-12-34/h5-14,18,20-24,28-31,45H,3,15-17,19,25-27H2,1-2,4H3. The van der Waals surface area contributed by atoms with Crippen molar-refractivity contribution in [1.82, 2.24) is 0 Å². The molecule has 0 saturated heterocycles. The molecule has 0 unspecified atom stereocenters. The molecule has 5 aromatic carbocycles. The van der Waals surface area contributed by atoms with Crippen LogP contribution in [0.15, 0.2) is 128 Å². The number of aliphatic hydroxyl groups is 1. The summed E-state index contributed by atoms with van der Waals surface area (Å²) in [5.74, 6) is 0.975. The number of rotatable bonds is 14. The molecule has 5 rings (SSSR count). The van der Waals surface area contributed by atoms with Crippen LogP contribution in [0.2, 0.25) is 0 Å². The van der Waals surface area contributed by atoms with Gasteiger partial charge in [0.1, 0.15) is 5.78 Å². The monoisotopic (exact) mass is 606 g/mol. The largest absolute Gasteiger partial charge is 0.513 e. The van der Waals surface area contributed by atoms with E-state index in [-0.39, 0.29) is 11.5 Å². The summed E-state index contributed by atoms with van der Waals surface area (Å²) in [6, 6.07) is 41.9. The molecule has 0 aliphatic heterocycles. The fraction of sp³-hybridized carbons (Fsp3) is 0.250. The minimum Gasteiger partial charge on any atom is -0.513 e. The number of benzene rings is 5. The van der Waals surface area contributed by atoms with Gasteiger partial charge in [0, 0.05) is 12.8 Å². The van der Waals surface area contributed by atoms with Crippen molar-refractivity contribution in [3.05, 3.63) is 167 Å². The van der Waals surface area contributed by atoms with Gasteiger partial charge in [0.25, 0.3) is 0 Å². The van der Waals surface area contributed by atoms with Gasteiger partial charge in [0.2, 0.25) is 0 Å². The van der Waals surface area contributed by atoms with Crippen molar-refractivity contribution < 1.29 is 9.90 Å². The van der Waals surface area contributed by atoms with Crippen LogP contribution in [0, 0.1) is 5.92 Å². The lowest BCUT2D eigenvalue weighted by atomic mass is 9.86. The van der Waals surface area contributed by atoms with Crippen LogP contribution in [0.3, 0.4) is 0 Å². The Morgan fingerprint density at radius 1 is 0.609 bits per heavy atom. The van der Waals surface area contributed by atoms with E-state index < -0.39 is 0 Å². The first kappa shape index (κ1) is 32.7. The van der Waals surface area contributed by atoms with Crippen molar-refractivity contribution in [2.45, 2.75) is 65.7 Å². The van der Waals surface area contributed by atoms with Crippen LogP contribution in [-0.4, -0.2) is 10.9 Å². The fourth-order valence-electron chi connectivity index (χ4n) is 6.31. The fourth-order valence-corrected chi connectivity index (χ4v) is 6.31. The number of Topliss-reactive ketones (excluding diaryl/α,β-unsaturated/α-hetero) is 1. The molecular weight excluding hydrogens is 560 g/mol. The molecule has 0 radical (unpaired) electrons. The Labute approximate surface area is 275 Å². The topological polar surface area (TPSA) is 37.3 Å². The smallest absolute Gasteiger partial charge is 0.130 e. The Bertz CT molecular complexity index is 1780. The first-order valence-corrected chi connectivity index (χ1v) is 16.6. The summed E-state index contributed by atoms with van der Waals surface area (Å²) in [6.45, 7) is 9.88. The van der Waals surface area contributed by atoms with Gasteiger partial charge in [-0.3, -0.25) is 0 Å². The highest BCUT2D eigenvalue weighted by Crippen LogP contribution is 2.35. The van der Waals surface area contributed by atoms with Crippen LogP contribution in [0.5, 0.6) is 0 Å². The van der Waals surface area contributed by atoms with Gasteiger partial charge in [-0.15, -0.1) is 0 Å². The van der Waals surface area contributed by atoms with Gasteiger partial charge in [-0.2, -0.15) is 0 Å². The van der Waals surface area contributed by atoms with Crippen LogP contribution in [0.4, 0.5) is 0 Å². The van der Waals surface area contributed by atoms with Gasteiger partial charge in [-0.05, 0) is 106 Å². The van der Waals surface area contributed by atoms with E-state index in [1.54, 1.807) is 6.92 Å². The van der Waals surface area contributed by atoms with E-state index in [0.29, 0.717) is 18.8 Å². The van der Waals surface area contributed by atoms with Gasteiger partial charge in [-0.25, -0.2) is 0 Å². The molecular formula is C44H46O2. The average Bonchev–Trinajstić information content (AvgIpc) is 3.04. The van der Waals surface area contributed by atoms with E-state index >= 15 is 0 Å². The first-order valence-electron chi connectivity index (χ1n) is 16.6. The highest BCUT2D eigenvalue weighted by molar-refractivity contribution is 5.77. The van der Waals surface area contributed by atoms with Crippen LogP contribution < -0.4 is 0 Å². The van der Waals surface area contributed by atoms with Gasteiger partial charge in [0.05, 0.1) is 5.76 Å². The summed E-state index contributed by atoms with van der Waals surface area (Å²) in [4.78, 5) is 11.9. The van der Waals surface area contributed by atoms with Crippen molar-refractivity contribution in [3.8, 4) is 22.3 Å². The lowest BCUT2D eigenvalue weighted by molar-refractivity contribution is -0.116. The molecule has 5 aromatic rings. The third-order valence-corrected chi connectivity index (χ3v) is 8.65. The lowest BCUT2D eigenvalue weighted by Gasteiger charge is -2.18. The molecule has 2 nitrogen and oxygen atoms in total. The molecule has 0 saturated carbocycles. The molecule has 0 heterocycles. The predicted molar refractivity (Wildman–Crippen MR) is 193 cm³/mol. The lowest BCUT2D eigenvalue weighted by Crippen LogP contribution is -2.02. The Morgan fingerprint density at radius 3 is 1.78 bits per heavy atom. The minimum absolute atomic E-state index is 0.221. The third kappa shape index (κ3) is 8.95. The van der Waals surface area contributed by atoms with Crippen molar-refractivity contribution in [1.29, 1.82) is 0 Å². The molecule has 0 fully saturated rings. The molecule has 0 atom stereocenters. The van der Waals surface area contributed by atoms with Gasteiger partial charge >= 0.3 is 0 Å². The molecule has 234 valence electrons. The summed E-state index contributed by atoms with van der Waals surface area (Å²) in [5, 5.41) is 9.68. The maximum absolute atomic E-state index is 11.9. The number of carbonyl (C=O) groups is 1. The number of hydrogen-bond acceptors (Lipinski definition) is 2. The van der Waals surface area contributed by atoms with E-state index in [0.717, 1.165) is 32.1 Å². The quantitative estimate of drug-likeness (QED) is 0.128. The molecule has 0 spiro atoms. The van der Waals surface area contributed by atoms with Crippen LogP contribution in [-0.2, 0) is 36.9 Å². The third-order valence-electron chi connectivity index (χ3n) is 8.65. The number of carbonyl (C=O) groups excluding carboxylic acids is 1. The Hall–Kier alpha value is -4.69. The second-order valence-corrected chi connectivity index (χ2v) is 13.0. The average molecular weight is 607 g/mol. The minimum atomic E-state index is 0.221. The van der Waals surface area contributed by atoms with Crippen molar-refractivity contribution in [2.24, 2.45) is 5.92 Å².